The Balaban J connectivity index is 2.22. The number of nitrogens with zero attached hydrogens (tertiary/aromatic N) is 1. The molecule has 1 aliphatic rings. The first-order valence-corrected chi connectivity index (χ1v) is 6.34. The number of carboxylic acid groups (broad SMARTS) is 1. The fourth-order valence-electron chi connectivity index (χ4n) is 2.21. The summed E-state index contributed by atoms with van der Waals surface area (Å²) in [4.78, 5) is 13.1. The van der Waals surface area contributed by atoms with E-state index >= 15 is 0 Å². The van der Waals surface area contributed by atoms with Crippen LogP contribution in [-0.2, 0) is 0 Å². The first-order valence-electron chi connectivity index (χ1n) is 5.96. The monoisotopic (exact) mass is 253 g/mol. The second-order valence-electron chi connectivity index (χ2n) is 4.37. The van der Waals surface area contributed by atoms with Gasteiger partial charge in [-0.25, -0.2) is 4.79 Å². The third kappa shape index (κ3) is 2.91. The Labute approximate surface area is 106 Å². The van der Waals surface area contributed by atoms with Crippen LogP contribution in [0.25, 0.3) is 0 Å². The Kier molecular flexibility index (Phi) is 3.89. The predicted octanol–water partition coefficient (Wildman–Crippen LogP) is 3.42. The minimum absolute atomic E-state index is 0.244. The minimum atomic E-state index is -0.936. The zero-order valence-electron chi connectivity index (χ0n) is 9.66. The van der Waals surface area contributed by atoms with Gasteiger partial charge in [-0.1, -0.05) is 24.4 Å². The van der Waals surface area contributed by atoms with Gasteiger partial charge >= 0.3 is 5.97 Å². The van der Waals surface area contributed by atoms with Crippen molar-refractivity contribution in [2.75, 3.05) is 18.0 Å². The van der Waals surface area contributed by atoms with Gasteiger partial charge in [-0.3, -0.25) is 0 Å². The highest BCUT2D eigenvalue weighted by Gasteiger charge is 2.14. The number of carboxylic acids is 1. The van der Waals surface area contributed by atoms with Gasteiger partial charge in [0.1, 0.15) is 0 Å². The lowest BCUT2D eigenvalue weighted by molar-refractivity contribution is 0.0697. The van der Waals surface area contributed by atoms with Crippen molar-refractivity contribution in [1.82, 2.24) is 0 Å². The Morgan fingerprint density at radius 2 is 1.82 bits per heavy atom. The van der Waals surface area contributed by atoms with Crippen LogP contribution in [0.3, 0.4) is 0 Å². The van der Waals surface area contributed by atoms with Gasteiger partial charge in [-0.15, -0.1) is 0 Å². The number of hydrogen-bond donors (Lipinski definition) is 1. The van der Waals surface area contributed by atoms with E-state index in [2.05, 4.69) is 4.90 Å². The molecule has 0 atom stereocenters. The summed E-state index contributed by atoms with van der Waals surface area (Å²) in [5, 5.41) is 9.42. The summed E-state index contributed by atoms with van der Waals surface area (Å²) >= 11 is 6.16. The van der Waals surface area contributed by atoms with Gasteiger partial charge in [-0.2, -0.15) is 0 Å². The lowest BCUT2D eigenvalue weighted by Crippen LogP contribution is -2.24. The van der Waals surface area contributed by atoms with E-state index in [-0.39, 0.29) is 5.56 Å². The zero-order valence-corrected chi connectivity index (χ0v) is 10.4. The fraction of sp³-hybridized carbons (Fsp3) is 0.462. The second-order valence-corrected chi connectivity index (χ2v) is 4.78. The van der Waals surface area contributed by atoms with Crippen molar-refractivity contribution in [3.63, 3.8) is 0 Å². The molecule has 0 radical (unpaired) electrons. The van der Waals surface area contributed by atoms with Gasteiger partial charge in [-0.05, 0) is 31.0 Å². The van der Waals surface area contributed by atoms with E-state index in [9.17, 15) is 4.79 Å². The molecule has 1 aliphatic heterocycles. The first kappa shape index (κ1) is 12.2. The summed E-state index contributed by atoms with van der Waals surface area (Å²) in [6.07, 6.45) is 4.89. The average molecular weight is 254 g/mol. The van der Waals surface area contributed by atoms with E-state index < -0.39 is 5.97 Å². The molecule has 4 heteroatoms. The van der Waals surface area contributed by atoms with Gasteiger partial charge in [0.25, 0.3) is 0 Å². The Morgan fingerprint density at radius 3 is 2.35 bits per heavy atom. The number of aromatic carboxylic acids is 1. The highest BCUT2D eigenvalue weighted by molar-refractivity contribution is 6.33. The molecule has 92 valence electrons. The standard InChI is InChI=1S/C13H16ClNO2/c14-11-9-10(13(16)17)5-6-12(11)15-7-3-1-2-4-8-15/h5-6,9H,1-4,7-8H2,(H,16,17). The van der Waals surface area contributed by atoms with Crippen molar-refractivity contribution >= 4 is 23.3 Å². The summed E-state index contributed by atoms with van der Waals surface area (Å²) in [5.41, 5.74) is 1.20. The van der Waals surface area contributed by atoms with E-state index in [1.165, 1.54) is 31.7 Å². The molecule has 1 saturated heterocycles. The molecular weight excluding hydrogens is 238 g/mol. The molecule has 0 saturated carbocycles. The van der Waals surface area contributed by atoms with E-state index in [0.717, 1.165) is 18.8 Å². The third-order valence-corrected chi connectivity index (χ3v) is 3.44. The van der Waals surface area contributed by atoms with Crippen LogP contribution < -0.4 is 4.90 Å². The van der Waals surface area contributed by atoms with Crippen LogP contribution in [0.4, 0.5) is 5.69 Å². The summed E-state index contributed by atoms with van der Waals surface area (Å²) in [6, 6.07) is 4.97. The third-order valence-electron chi connectivity index (χ3n) is 3.14. The van der Waals surface area contributed by atoms with Gasteiger partial charge in [0.05, 0.1) is 16.3 Å². The summed E-state index contributed by atoms with van der Waals surface area (Å²) in [6.45, 7) is 2.01. The van der Waals surface area contributed by atoms with Gasteiger partial charge in [0.2, 0.25) is 0 Å². The molecule has 1 heterocycles. The molecule has 1 aromatic rings. The van der Waals surface area contributed by atoms with E-state index in [1.54, 1.807) is 6.07 Å². The van der Waals surface area contributed by atoms with E-state index in [1.807, 2.05) is 6.07 Å². The molecule has 0 spiro atoms. The highest BCUT2D eigenvalue weighted by Crippen LogP contribution is 2.28. The quantitative estimate of drug-likeness (QED) is 0.878. The highest BCUT2D eigenvalue weighted by atomic mass is 35.5. The Morgan fingerprint density at radius 1 is 1.18 bits per heavy atom. The number of carbonyl (C=O) groups is 1. The fourth-order valence-corrected chi connectivity index (χ4v) is 2.51. The van der Waals surface area contributed by atoms with Crippen molar-refractivity contribution in [3.05, 3.63) is 28.8 Å². The van der Waals surface area contributed by atoms with Gasteiger partial charge in [0, 0.05) is 13.1 Å². The predicted molar refractivity (Wildman–Crippen MR) is 69.1 cm³/mol. The molecule has 0 aliphatic carbocycles. The van der Waals surface area contributed by atoms with Crippen molar-refractivity contribution in [1.29, 1.82) is 0 Å². The maximum atomic E-state index is 10.8. The number of halogens is 1. The van der Waals surface area contributed by atoms with Crippen molar-refractivity contribution < 1.29 is 9.90 Å². The van der Waals surface area contributed by atoms with E-state index in [0.29, 0.717) is 5.02 Å². The normalized spacial score (nSPS) is 16.6. The molecule has 2 rings (SSSR count). The molecule has 3 nitrogen and oxygen atoms in total. The molecule has 17 heavy (non-hydrogen) atoms. The van der Waals surface area contributed by atoms with Crippen LogP contribution in [0.5, 0.6) is 0 Å². The van der Waals surface area contributed by atoms with Crippen LogP contribution >= 0.6 is 11.6 Å². The topological polar surface area (TPSA) is 40.5 Å². The zero-order chi connectivity index (χ0) is 12.3. The molecule has 1 fully saturated rings. The molecule has 1 N–H and O–H groups in total. The molecule has 0 bridgehead atoms. The maximum Gasteiger partial charge on any atom is 0.335 e. The smallest absolute Gasteiger partial charge is 0.335 e. The molecule has 0 aromatic heterocycles. The first-order chi connectivity index (χ1) is 8.18. The maximum absolute atomic E-state index is 10.8. The molecule has 1 aromatic carbocycles. The SMILES string of the molecule is O=C(O)c1ccc(N2CCCCCC2)c(Cl)c1. The Hall–Kier alpha value is -1.22. The van der Waals surface area contributed by atoms with Crippen LogP contribution in [0.15, 0.2) is 18.2 Å². The van der Waals surface area contributed by atoms with Crippen molar-refractivity contribution in [2.24, 2.45) is 0 Å². The summed E-state index contributed by atoms with van der Waals surface area (Å²) < 4.78 is 0. The van der Waals surface area contributed by atoms with E-state index in [4.69, 9.17) is 16.7 Å². The van der Waals surface area contributed by atoms with Gasteiger partial charge in [0.15, 0.2) is 0 Å². The van der Waals surface area contributed by atoms with Crippen molar-refractivity contribution in [2.45, 2.75) is 25.7 Å². The largest absolute Gasteiger partial charge is 0.478 e. The second kappa shape index (κ2) is 5.41. The van der Waals surface area contributed by atoms with Crippen molar-refractivity contribution in [3.8, 4) is 0 Å². The van der Waals surface area contributed by atoms with Gasteiger partial charge < -0.3 is 10.0 Å². The number of benzene rings is 1. The number of anilines is 1. The average Bonchev–Trinajstić information content (AvgIpc) is 2.57. The lowest BCUT2D eigenvalue weighted by atomic mass is 10.2. The molecule has 0 amide bonds. The summed E-state index contributed by atoms with van der Waals surface area (Å²) in [5.74, 6) is -0.936. The Bertz CT molecular complexity index is 412. The number of rotatable bonds is 2. The van der Waals surface area contributed by atoms with Crippen LogP contribution in [0.1, 0.15) is 36.0 Å². The molecule has 0 unspecified atom stereocenters. The summed E-state index contributed by atoms with van der Waals surface area (Å²) in [7, 11) is 0. The minimum Gasteiger partial charge on any atom is -0.478 e. The van der Waals surface area contributed by atoms with Crippen LogP contribution in [0.2, 0.25) is 5.02 Å². The number of hydrogen-bond acceptors (Lipinski definition) is 2. The molecular formula is C13H16ClNO2. The van der Waals surface area contributed by atoms with Crippen LogP contribution in [-0.4, -0.2) is 24.2 Å². The lowest BCUT2D eigenvalue weighted by Gasteiger charge is -2.23. The van der Waals surface area contributed by atoms with Crippen LogP contribution in [0, 0.1) is 0 Å².